The number of hydrogen-bond donors (Lipinski definition) is 2. The summed E-state index contributed by atoms with van der Waals surface area (Å²) in [7, 11) is 0. The second kappa shape index (κ2) is 6.34. The standard InChI is InChI=1S/C12H21N5O.ClH/c1-12(2,3)14-11(18)10-8-17(16-15-10)9-4-6-13-7-5-9;/h8-9,13H,4-7H2,1-3H3,(H,14,18);1H. The Morgan fingerprint density at radius 3 is 2.63 bits per heavy atom. The Kier molecular flexibility index (Phi) is 5.31. The summed E-state index contributed by atoms with van der Waals surface area (Å²) in [5.41, 5.74) is 0.138. The van der Waals surface area contributed by atoms with Crippen molar-refractivity contribution in [2.75, 3.05) is 13.1 Å². The molecular formula is C12H22ClN5O. The number of nitrogens with zero attached hydrogens (tertiary/aromatic N) is 3. The maximum absolute atomic E-state index is 11.9. The molecule has 0 aliphatic carbocycles. The molecule has 2 heterocycles. The number of carbonyl (C=O) groups excluding carboxylic acids is 1. The molecule has 1 amide bonds. The number of hydrogen-bond acceptors (Lipinski definition) is 4. The van der Waals surface area contributed by atoms with Gasteiger partial charge >= 0.3 is 0 Å². The summed E-state index contributed by atoms with van der Waals surface area (Å²) in [4.78, 5) is 11.9. The van der Waals surface area contributed by atoms with Crippen molar-refractivity contribution in [3.8, 4) is 0 Å². The molecule has 0 atom stereocenters. The second-order valence-electron chi connectivity index (χ2n) is 5.77. The zero-order chi connectivity index (χ0) is 13.2. The zero-order valence-corrected chi connectivity index (χ0v) is 12.5. The van der Waals surface area contributed by atoms with Gasteiger partial charge < -0.3 is 10.6 Å². The molecule has 0 saturated carbocycles. The molecule has 1 saturated heterocycles. The van der Waals surface area contributed by atoms with Gasteiger partial charge in [-0.1, -0.05) is 5.21 Å². The summed E-state index contributed by atoms with van der Waals surface area (Å²) in [6, 6.07) is 0.356. The highest BCUT2D eigenvalue weighted by atomic mass is 35.5. The minimum atomic E-state index is -0.254. The van der Waals surface area contributed by atoms with Gasteiger partial charge in [0.1, 0.15) is 0 Å². The first-order valence-electron chi connectivity index (χ1n) is 6.41. The lowest BCUT2D eigenvalue weighted by Crippen LogP contribution is -2.40. The van der Waals surface area contributed by atoms with Gasteiger partial charge in [0.05, 0.1) is 12.2 Å². The molecular weight excluding hydrogens is 266 g/mol. The summed E-state index contributed by atoms with van der Waals surface area (Å²) in [6.07, 6.45) is 3.81. The first kappa shape index (κ1) is 15.9. The van der Waals surface area contributed by atoms with E-state index in [0.717, 1.165) is 25.9 Å². The number of carbonyl (C=O) groups is 1. The Hall–Kier alpha value is -1.14. The van der Waals surface area contributed by atoms with Crippen molar-refractivity contribution in [2.45, 2.75) is 45.2 Å². The summed E-state index contributed by atoms with van der Waals surface area (Å²) in [5.74, 6) is -0.164. The van der Waals surface area contributed by atoms with Crippen LogP contribution in [0.15, 0.2) is 6.20 Å². The largest absolute Gasteiger partial charge is 0.346 e. The van der Waals surface area contributed by atoms with Crippen LogP contribution in [0.1, 0.15) is 50.1 Å². The Morgan fingerprint density at radius 1 is 1.42 bits per heavy atom. The van der Waals surface area contributed by atoms with Gasteiger partial charge in [0.15, 0.2) is 5.69 Å². The molecule has 0 radical (unpaired) electrons. The van der Waals surface area contributed by atoms with Crippen LogP contribution in [0.25, 0.3) is 0 Å². The topological polar surface area (TPSA) is 71.8 Å². The summed E-state index contributed by atoms with van der Waals surface area (Å²) in [6.45, 7) is 7.83. The van der Waals surface area contributed by atoms with E-state index < -0.39 is 0 Å². The maximum Gasteiger partial charge on any atom is 0.273 e. The lowest BCUT2D eigenvalue weighted by atomic mass is 10.1. The molecule has 19 heavy (non-hydrogen) atoms. The molecule has 2 rings (SSSR count). The molecule has 0 unspecified atom stereocenters. The zero-order valence-electron chi connectivity index (χ0n) is 11.6. The van der Waals surface area contributed by atoms with Gasteiger partial charge in [-0.2, -0.15) is 0 Å². The highest BCUT2D eigenvalue weighted by molar-refractivity contribution is 5.92. The van der Waals surface area contributed by atoms with E-state index in [2.05, 4.69) is 20.9 Å². The third kappa shape index (κ3) is 4.47. The van der Waals surface area contributed by atoms with E-state index in [1.54, 1.807) is 6.20 Å². The molecule has 0 bridgehead atoms. The van der Waals surface area contributed by atoms with Crippen molar-refractivity contribution in [3.63, 3.8) is 0 Å². The number of amides is 1. The fourth-order valence-electron chi connectivity index (χ4n) is 2.04. The lowest BCUT2D eigenvalue weighted by Gasteiger charge is -2.22. The first-order chi connectivity index (χ1) is 8.46. The number of piperidine rings is 1. The summed E-state index contributed by atoms with van der Waals surface area (Å²) >= 11 is 0. The predicted octanol–water partition coefficient (Wildman–Crippen LogP) is 1.15. The number of rotatable bonds is 2. The highest BCUT2D eigenvalue weighted by Gasteiger charge is 2.21. The Balaban J connectivity index is 0.00000180. The van der Waals surface area contributed by atoms with Crippen molar-refractivity contribution in [1.29, 1.82) is 0 Å². The van der Waals surface area contributed by atoms with E-state index in [1.807, 2.05) is 25.5 Å². The van der Waals surface area contributed by atoms with Crippen LogP contribution >= 0.6 is 12.4 Å². The van der Waals surface area contributed by atoms with Crippen molar-refractivity contribution in [2.24, 2.45) is 0 Å². The second-order valence-corrected chi connectivity index (χ2v) is 5.77. The van der Waals surface area contributed by atoms with E-state index in [9.17, 15) is 4.79 Å². The van der Waals surface area contributed by atoms with Crippen LogP contribution in [0.2, 0.25) is 0 Å². The van der Waals surface area contributed by atoms with E-state index in [0.29, 0.717) is 11.7 Å². The first-order valence-corrected chi connectivity index (χ1v) is 6.41. The molecule has 2 N–H and O–H groups in total. The average Bonchev–Trinajstić information content (AvgIpc) is 2.77. The predicted molar refractivity (Wildman–Crippen MR) is 75.6 cm³/mol. The van der Waals surface area contributed by atoms with E-state index in [1.165, 1.54) is 0 Å². The molecule has 0 spiro atoms. The molecule has 1 aromatic rings. The van der Waals surface area contributed by atoms with E-state index in [-0.39, 0.29) is 23.9 Å². The molecule has 108 valence electrons. The van der Waals surface area contributed by atoms with E-state index in [4.69, 9.17) is 0 Å². The average molecular weight is 288 g/mol. The van der Waals surface area contributed by atoms with Crippen LogP contribution < -0.4 is 10.6 Å². The van der Waals surface area contributed by atoms with Gasteiger partial charge in [-0.05, 0) is 46.7 Å². The van der Waals surface area contributed by atoms with Gasteiger partial charge in [0.25, 0.3) is 5.91 Å². The number of halogens is 1. The molecule has 6 nitrogen and oxygen atoms in total. The molecule has 7 heteroatoms. The summed E-state index contributed by atoms with van der Waals surface area (Å²) < 4.78 is 1.82. The van der Waals surface area contributed by atoms with Crippen molar-refractivity contribution < 1.29 is 4.79 Å². The van der Waals surface area contributed by atoms with Gasteiger partial charge in [0, 0.05) is 5.54 Å². The number of nitrogens with one attached hydrogen (secondary N) is 2. The maximum atomic E-state index is 11.9. The third-order valence-electron chi connectivity index (χ3n) is 2.91. The SMILES string of the molecule is CC(C)(C)NC(=O)c1cn(C2CCNCC2)nn1.Cl. The molecule has 0 aromatic carbocycles. The van der Waals surface area contributed by atoms with Crippen LogP contribution in [0, 0.1) is 0 Å². The third-order valence-corrected chi connectivity index (χ3v) is 2.91. The van der Waals surface area contributed by atoms with Crippen molar-refractivity contribution >= 4 is 18.3 Å². The fraction of sp³-hybridized carbons (Fsp3) is 0.750. The lowest BCUT2D eigenvalue weighted by molar-refractivity contribution is 0.0914. The van der Waals surface area contributed by atoms with E-state index >= 15 is 0 Å². The molecule has 1 aliphatic rings. The monoisotopic (exact) mass is 287 g/mol. The van der Waals surface area contributed by atoms with Crippen LogP contribution in [0.5, 0.6) is 0 Å². The summed E-state index contributed by atoms with van der Waals surface area (Å²) in [5, 5.41) is 14.2. The van der Waals surface area contributed by atoms with Crippen LogP contribution in [0.3, 0.4) is 0 Å². The van der Waals surface area contributed by atoms with Crippen molar-refractivity contribution in [3.05, 3.63) is 11.9 Å². The minimum absolute atomic E-state index is 0. The quantitative estimate of drug-likeness (QED) is 0.856. The normalized spacial score (nSPS) is 16.8. The van der Waals surface area contributed by atoms with Gasteiger partial charge in [0.2, 0.25) is 0 Å². The number of aromatic nitrogens is 3. The fourth-order valence-corrected chi connectivity index (χ4v) is 2.04. The van der Waals surface area contributed by atoms with Gasteiger partial charge in [-0.25, -0.2) is 4.68 Å². The molecule has 1 aliphatic heterocycles. The van der Waals surface area contributed by atoms with Gasteiger partial charge in [-0.3, -0.25) is 4.79 Å². The van der Waals surface area contributed by atoms with Gasteiger partial charge in [-0.15, -0.1) is 17.5 Å². The minimum Gasteiger partial charge on any atom is -0.346 e. The molecule has 1 aromatic heterocycles. The van der Waals surface area contributed by atoms with Crippen LogP contribution in [0.4, 0.5) is 0 Å². The van der Waals surface area contributed by atoms with Crippen LogP contribution in [-0.4, -0.2) is 39.5 Å². The Bertz CT molecular complexity index is 420. The highest BCUT2D eigenvalue weighted by Crippen LogP contribution is 2.17. The Morgan fingerprint density at radius 2 is 2.05 bits per heavy atom. The molecule has 1 fully saturated rings. The Labute approximate surface area is 119 Å². The smallest absolute Gasteiger partial charge is 0.273 e. The van der Waals surface area contributed by atoms with Crippen LogP contribution in [-0.2, 0) is 0 Å². The van der Waals surface area contributed by atoms with Crippen molar-refractivity contribution in [1.82, 2.24) is 25.6 Å².